The molecule has 0 spiro atoms. The Bertz CT molecular complexity index is 340. The summed E-state index contributed by atoms with van der Waals surface area (Å²) >= 11 is 0. The first-order valence-corrected chi connectivity index (χ1v) is 9.54. The van der Waals surface area contributed by atoms with Gasteiger partial charge in [0.2, 0.25) is 0 Å². The molecule has 0 saturated heterocycles. The van der Waals surface area contributed by atoms with E-state index in [9.17, 15) is 0 Å². The first-order chi connectivity index (χ1) is 8.06. The Morgan fingerprint density at radius 1 is 1.12 bits per heavy atom. The second-order valence-electron chi connectivity index (χ2n) is 5.05. The molecule has 0 radical (unpaired) electrons. The molecule has 0 aromatic carbocycles. The molecule has 0 saturated carbocycles. The Morgan fingerprint density at radius 3 is 2.18 bits per heavy atom. The lowest BCUT2D eigenvalue weighted by molar-refractivity contribution is 0.965. The van der Waals surface area contributed by atoms with E-state index in [1.807, 2.05) is 0 Å². The number of rotatable bonds is 6. The van der Waals surface area contributed by atoms with Crippen molar-refractivity contribution >= 4 is 13.9 Å². The number of aryl methyl sites for hydroxylation is 1. The minimum atomic E-state index is -1.09. The average molecular weight is 250 g/mol. The van der Waals surface area contributed by atoms with E-state index in [4.69, 9.17) is 0 Å². The van der Waals surface area contributed by atoms with Gasteiger partial charge in [0.05, 0.1) is 8.07 Å². The lowest BCUT2D eigenvalue weighted by Gasteiger charge is -2.33. The number of pyridine rings is 1. The Hall–Kier alpha value is -0.833. The zero-order valence-corrected chi connectivity index (χ0v) is 13.0. The molecule has 0 aliphatic heterocycles. The number of anilines is 1. The predicted molar refractivity (Wildman–Crippen MR) is 79.4 cm³/mol. The van der Waals surface area contributed by atoms with Crippen LogP contribution in [-0.2, 0) is 0 Å². The maximum absolute atomic E-state index is 4.61. The molecule has 17 heavy (non-hydrogen) atoms. The van der Waals surface area contributed by atoms with Gasteiger partial charge in [-0.05, 0) is 19.1 Å². The summed E-state index contributed by atoms with van der Waals surface area (Å²) in [5.74, 6) is 1.12. The first kappa shape index (κ1) is 14.2. The van der Waals surface area contributed by atoms with Crippen LogP contribution in [0.2, 0.25) is 18.1 Å². The molecule has 2 nitrogen and oxygen atoms in total. The van der Waals surface area contributed by atoms with E-state index < -0.39 is 8.07 Å². The van der Waals surface area contributed by atoms with Gasteiger partial charge in [-0.2, -0.15) is 0 Å². The first-order valence-electron chi connectivity index (χ1n) is 6.71. The summed E-state index contributed by atoms with van der Waals surface area (Å²) in [5.41, 5.74) is 1.10. The summed E-state index contributed by atoms with van der Waals surface area (Å²) in [6.07, 6.45) is 1.23. The molecule has 1 aromatic rings. The molecule has 0 unspecified atom stereocenters. The van der Waals surface area contributed by atoms with E-state index in [-0.39, 0.29) is 0 Å². The summed E-state index contributed by atoms with van der Waals surface area (Å²) in [7, 11) is 1.09. The topological polar surface area (TPSA) is 16.1 Å². The molecule has 96 valence electrons. The van der Waals surface area contributed by atoms with Gasteiger partial charge in [-0.1, -0.05) is 45.0 Å². The summed E-state index contributed by atoms with van der Waals surface area (Å²) in [4.78, 5) is 6.97. The predicted octanol–water partition coefficient (Wildman–Crippen LogP) is 3.87. The van der Waals surface area contributed by atoms with E-state index in [2.05, 4.69) is 62.8 Å². The SMILES string of the molecule is CC[Si](CC)(CC)CN(C)c1cccc(C)n1. The van der Waals surface area contributed by atoms with Gasteiger partial charge < -0.3 is 4.90 Å². The third kappa shape index (κ3) is 3.56. The van der Waals surface area contributed by atoms with Gasteiger partial charge >= 0.3 is 0 Å². The van der Waals surface area contributed by atoms with Crippen molar-refractivity contribution in [2.75, 3.05) is 18.1 Å². The second-order valence-corrected chi connectivity index (χ2v) is 10.5. The van der Waals surface area contributed by atoms with Gasteiger partial charge in [0.15, 0.2) is 0 Å². The minimum Gasteiger partial charge on any atom is -0.363 e. The van der Waals surface area contributed by atoms with Gasteiger partial charge in [0, 0.05) is 18.9 Å². The molecule has 0 aliphatic rings. The van der Waals surface area contributed by atoms with Crippen molar-refractivity contribution in [3.63, 3.8) is 0 Å². The van der Waals surface area contributed by atoms with Crippen molar-refractivity contribution in [2.45, 2.75) is 45.8 Å². The zero-order valence-electron chi connectivity index (χ0n) is 12.0. The maximum atomic E-state index is 4.61. The molecule has 1 aromatic heterocycles. The highest BCUT2D eigenvalue weighted by atomic mass is 28.3. The van der Waals surface area contributed by atoms with Crippen molar-refractivity contribution in [3.05, 3.63) is 23.9 Å². The van der Waals surface area contributed by atoms with Crippen LogP contribution in [0, 0.1) is 6.92 Å². The van der Waals surface area contributed by atoms with Gasteiger partial charge in [-0.15, -0.1) is 0 Å². The molecule has 0 amide bonds. The van der Waals surface area contributed by atoms with Crippen molar-refractivity contribution in [1.29, 1.82) is 0 Å². The van der Waals surface area contributed by atoms with Gasteiger partial charge in [-0.3, -0.25) is 0 Å². The summed E-state index contributed by atoms with van der Waals surface area (Å²) in [5, 5.41) is 0. The fourth-order valence-electron chi connectivity index (χ4n) is 2.41. The smallest absolute Gasteiger partial charge is 0.128 e. The largest absolute Gasteiger partial charge is 0.363 e. The molecule has 3 heteroatoms. The number of nitrogens with zero attached hydrogens (tertiary/aromatic N) is 2. The third-order valence-electron chi connectivity index (χ3n) is 4.09. The van der Waals surface area contributed by atoms with Crippen LogP contribution >= 0.6 is 0 Å². The normalized spacial score (nSPS) is 11.6. The van der Waals surface area contributed by atoms with E-state index in [0.29, 0.717) is 0 Å². The van der Waals surface area contributed by atoms with Gasteiger partial charge in [0.1, 0.15) is 5.82 Å². The lowest BCUT2D eigenvalue weighted by atomic mass is 10.4. The standard InChI is InChI=1S/C14H26N2Si/c1-6-17(7-2,8-3)12-16(5)14-11-9-10-13(4)15-14/h9-11H,6-8,12H2,1-5H3. The molecular weight excluding hydrogens is 224 g/mol. The molecule has 0 bridgehead atoms. The Kier molecular flexibility index (Phi) is 5.19. The highest BCUT2D eigenvalue weighted by Gasteiger charge is 2.28. The summed E-state index contributed by atoms with van der Waals surface area (Å²) in [6.45, 7) is 9.13. The zero-order chi connectivity index (χ0) is 12.9. The quantitative estimate of drug-likeness (QED) is 0.712. The van der Waals surface area contributed by atoms with Crippen LogP contribution in [0.5, 0.6) is 0 Å². The fourth-order valence-corrected chi connectivity index (χ4v) is 5.75. The Balaban J connectivity index is 2.80. The highest BCUT2D eigenvalue weighted by Crippen LogP contribution is 2.23. The number of hydrogen-bond acceptors (Lipinski definition) is 2. The number of aromatic nitrogens is 1. The molecule has 0 aliphatic carbocycles. The van der Waals surface area contributed by atoms with Crippen LogP contribution in [0.3, 0.4) is 0 Å². The number of hydrogen-bond donors (Lipinski definition) is 0. The van der Waals surface area contributed by atoms with Crippen molar-refractivity contribution < 1.29 is 0 Å². The van der Waals surface area contributed by atoms with E-state index in [1.165, 1.54) is 24.3 Å². The molecule has 1 heterocycles. The van der Waals surface area contributed by atoms with Crippen molar-refractivity contribution in [2.24, 2.45) is 0 Å². The molecule has 0 atom stereocenters. The van der Waals surface area contributed by atoms with Crippen molar-refractivity contribution in [1.82, 2.24) is 4.98 Å². The van der Waals surface area contributed by atoms with E-state index in [0.717, 1.165) is 11.5 Å². The monoisotopic (exact) mass is 250 g/mol. The fraction of sp³-hybridized carbons (Fsp3) is 0.643. The Morgan fingerprint density at radius 2 is 1.71 bits per heavy atom. The van der Waals surface area contributed by atoms with Crippen LogP contribution in [0.4, 0.5) is 5.82 Å². The maximum Gasteiger partial charge on any atom is 0.128 e. The molecule has 0 N–H and O–H groups in total. The summed E-state index contributed by atoms with van der Waals surface area (Å²) in [6, 6.07) is 10.4. The molecular formula is C14H26N2Si. The van der Waals surface area contributed by atoms with Crippen LogP contribution in [0.1, 0.15) is 26.5 Å². The second kappa shape index (κ2) is 6.19. The van der Waals surface area contributed by atoms with Crippen LogP contribution < -0.4 is 4.90 Å². The van der Waals surface area contributed by atoms with E-state index >= 15 is 0 Å². The van der Waals surface area contributed by atoms with E-state index in [1.54, 1.807) is 0 Å². The van der Waals surface area contributed by atoms with Gasteiger partial charge in [-0.25, -0.2) is 4.98 Å². The lowest BCUT2D eigenvalue weighted by Crippen LogP contribution is -2.44. The average Bonchev–Trinajstić information content (AvgIpc) is 2.36. The van der Waals surface area contributed by atoms with Gasteiger partial charge in [0.25, 0.3) is 0 Å². The van der Waals surface area contributed by atoms with Crippen molar-refractivity contribution in [3.8, 4) is 0 Å². The highest BCUT2D eigenvalue weighted by molar-refractivity contribution is 6.80. The summed E-state index contributed by atoms with van der Waals surface area (Å²) < 4.78 is 0. The minimum absolute atomic E-state index is 1.09. The van der Waals surface area contributed by atoms with Crippen LogP contribution in [-0.4, -0.2) is 26.3 Å². The van der Waals surface area contributed by atoms with Crippen LogP contribution in [0.15, 0.2) is 18.2 Å². The molecule has 0 fully saturated rings. The third-order valence-corrected chi connectivity index (χ3v) is 9.73. The Labute approximate surface area is 107 Å². The molecule has 1 rings (SSSR count). The van der Waals surface area contributed by atoms with Crippen LogP contribution in [0.25, 0.3) is 0 Å².